The maximum atomic E-state index is 11.8. The number of ether oxygens (including phenoxy) is 1. The minimum Gasteiger partial charge on any atom is -0.458 e. The molecule has 0 aliphatic rings. The Hall–Kier alpha value is -2.20. The van der Waals surface area contributed by atoms with Crippen molar-refractivity contribution in [3.05, 3.63) is 65.2 Å². The van der Waals surface area contributed by atoms with E-state index < -0.39 is 0 Å². The van der Waals surface area contributed by atoms with E-state index in [1.807, 2.05) is 54.6 Å². The van der Waals surface area contributed by atoms with Gasteiger partial charge in [-0.1, -0.05) is 42.5 Å². The fourth-order valence-electron chi connectivity index (χ4n) is 1.94. The van der Waals surface area contributed by atoms with E-state index in [1.165, 1.54) is 0 Å². The van der Waals surface area contributed by atoms with E-state index in [4.69, 9.17) is 4.74 Å². The fourth-order valence-corrected chi connectivity index (χ4v) is 2.82. The Morgan fingerprint density at radius 3 is 2.60 bits per heavy atom. The molecule has 0 unspecified atom stereocenters. The highest BCUT2D eigenvalue weighted by molar-refractivity contribution is 7.18. The van der Waals surface area contributed by atoms with Crippen LogP contribution in [-0.2, 0) is 22.6 Å². The van der Waals surface area contributed by atoms with Crippen LogP contribution in [0.1, 0.15) is 10.6 Å². The number of thiazole rings is 1. The van der Waals surface area contributed by atoms with Crippen molar-refractivity contribution >= 4 is 27.5 Å². The Kier molecular flexibility index (Phi) is 3.74. The molecule has 0 aliphatic heterocycles. The zero-order valence-electron chi connectivity index (χ0n) is 10.8. The van der Waals surface area contributed by atoms with Crippen LogP contribution in [0.15, 0.2) is 54.6 Å². The topological polar surface area (TPSA) is 39.2 Å². The molecule has 20 heavy (non-hydrogen) atoms. The highest BCUT2D eigenvalue weighted by Gasteiger charge is 2.08. The second kappa shape index (κ2) is 5.84. The molecule has 3 rings (SSSR count). The van der Waals surface area contributed by atoms with Crippen molar-refractivity contribution in [2.75, 3.05) is 0 Å². The Morgan fingerprint density at radius 2 is 1.80 bits per heavy atom. The standard InChI is InChI=1S/C16H13NO2S/c18-16(10-12-6-2-1-3-7-12)19-11-15-17-13-8-4-5-9-14(13)20-15/h1-9H,10-11H2. The van der Waals surface area contributed by atoms with E-state index in [0.29, 0.717) is 6.42 Å². The van der Waals surface area contributed by atoms with Gasteiger partial charge in [0, 0.05) is 0 Å². The molecule has 0 saturated heterocycles. The number of hydrogen-bond acceptors (Lipinski definition) is 4. The predicted octanol–water partition coefficient (Wildman–Crippen LogP) is 3.58. The summed E-state index contributed by atoms with van der Waals surface area (Å²) < 4.78 is 6.38. The second-order valence-electron chi connectivity index (χ2n) is 4.40. The molecule has 0 N–H and O–H groups in total. The Labute approximate surface area is 120 Å². The van der Waals surface area contributed by atoms with E-state index in [1.54, 1.807) is 11.3 Å². The third-order valence-electron chi connectivity index (χ3n) is 2.89. The van der Waals surface area contributed by atoms with Crippen LogP contribution in [0.25, 0.3) is 10.2 Å². The first-order valence-electron chi connectivity index (χ1n) is 6.35. The molecular weight excluding hydrogens is 270 g/mol. The summed E-state index contributed by atoms with van der Waals surface area (Å²) in [5.74, 6) is -0.226. The Bertz CT molecular complexity index is 688. The average Bonchev–Trinajstić information content (AvgIpc) is 2.89. The lowest BCUT2D eigenvalue weighted by atomic mass is 10.2. The van der Waals surface area contributed by atoms with Crippen molar-refractivity contribution in [3.8, 4) is 0 Å². The van der Waals surface area contributed by atoms with Gasteiger partial charge in [0.25, 0.3) is 0 Å². The number of carbonyl (C=O) groups is 1. The van der Waals surface area contributed by atoms with Gasteiger partial charge in [0.2, 0.25) is 0 Å². The SMILES string of the molecule is O=C(Cc1ccccc1)OCc1nc2ccccc2s1. The molecule has 0 atom stereocenters. The van der Waals surface area contributed by atoms with Gasteiger partial charge in [0.1, 0.15) is 11.6 Å². The lowest BCUT2D eigenvalue weighted by Crippen LogP contribution is -2.07. The van der Waals surface area contributed by atoms with Gasteiger partial charge < -0.3 is 4.74 Å². The van der Waals surface area contributed by atoms with Gasteiger partial charge in [-0.05, 0) is 17.7 Å². The van der Waals surface area contributed by atoms with E-state index in [9.17, 15) is 4.79 Å². The van der Waals surface area contributed by atoms with Crippen LogP contribution in [0.4, 0.5) is 0 Å². The summed E-state index contributed by atoms with van der Waals surface area (Å²) in [5, 5.41) is 0.826. The van der Waals surface area contributed by atoms with Crippen molar-refractivity contribution in [2.45, 2.75) is 13.0 Å². The summed E-state index contributed by atoms with van der Waals surface area (Å²) in [6, 6.07) is 17.5. The normalized spacial score (nSPS) is 10.6. The maximum absolute atomic E-state index is 11.8. The molecule has 4 heteroatoms. The van der Waals surface area contributed by atoms with Gasteiger partial charge in [-0.3, -0.25) is 4.79 Å². The molecule has 2 aromatic carbocycles. The summed E-state index contributed by atoms with van der Waals surface area (Å²) in [4.78, 5) is 16.2. The van der Waals surface area contributed by atoms with E-state index in [2.05, 4.69) is 4.98 Å². The molecule has 1 aromatic heterocycles. The van der Waals surface area contributed by atoms with Gasteiger partial charge >= 0.3 is 5.97 Å². The Morgan fingerprint density at radius 1 is 1.05 bits per heavy atom. The third-order valence-corrected chi connectivity index (χ3v) is 3.90. The molecule has 3 nitrogen and oxygen atoms in total. The number of fused-ring (bicyclic) bond motifs is 1. The molecule has 0 amide bonds. The number of esters is 1. The van der Waals surface area contributed by atoms with E-state index >= 15 is 0 Å². The highest BCUT2D eigenvalue weighted by atomic mass is 32.1. The van der Waals surface area contributed by atoms with Crippen molar-refractivity contribution < 1.29 is 9.53 Å². The summed E-state index contributed by atoms with van der Waals surface area (Å²) in [7, 11) is 0. The second-order valence-corrected chi connectivity index (χ2v) is 5.51. The minimum absolute atomic E-state index is 0.226. The fraction of sp³-hybridized carbons (Fsp3) is 0.125. The zero-order chi connectivity index (χ0) is 13.8. The van der Waals surface area contributed by atoms with Gasteiger partial charge in [0.05, 0.1) is 16.6 Å². The van der Waals surface area contributed by atoms with Gasteiger partial charge in [-0.15, -0.1) is 11.3 Å². The van der Waals surface area contributed by atoms with Gasteiger partial charge in [-0.2, -0.15) is 0 Å². The lowest BCUT2D eigenvalue weighted by Gasteiger charge is -2.02. The largest absolute Gasteiger partial charge is 0.458 e. The number of carbonyl (C=O) groups excluding carboxylic acids is 1. The van der Waals surface area contributed by atoms with Gasteiger partial charge in [0.15, 0.2) is 0 Å². The number of benzene rings is 2. The van der Waals surface area contributed by atoms with Crippen LogP contribution in [0.5, 0.6) is 0 Å². The van der Waals surface area contributed by atoms with Crippen molar-refractivity contribution in [1.29, 1.82) is 0 Å². The molecule has 0 saturated carbocycles. The minimum atomic E-state index is -0.226. The van der Waals surface area contributed by atoms with Crippen LogP contribution in [0, 0.1) is 0 Å². The number of para-hydroxylation sites is 1. The zero-order valence-corrected chi connectivity index (χ0v) is 11.6. The first-order chi connectivity index (χ1) is 9.81. The van der Waals surface area contributed by atoms with Crippen LogP contribution in [-0.4, -0.2) is 11.0 Å². The average molecular weight is 283 g/mol. The summed E-state index contributed by atoms with van der Waals surface area (Å²) in [6.07, 6.45) is 0.297. The Balaban J connectivity index is 1.60. The number of nitrogens with zero attached hydrogens (tertiary/aromatic N) is 1. The first kappa shape index (κ1) is 12.8. The summed E-state index contributed by atoms with van der Waals surface area (Å²) in [5.41, 5.74) is 1.91. The molecule has 0 spiro atoms. The predicted molar refractivity (Wildman–Crippen MR) is 79.6 cm³/mol. The third kappa shape index (κ3) is 3.03. The maximum Gasteiger partial charge on any atom is 0.310 e. The van der Waals surface area contributed by atoms with E-state index in [-0.39, 0.29) is 12.6 Å². The smallest absolute Gasteiger partial charge is 0.310 e. The molecule has 0 bridgehead atoms. The van der Waals surface area contributed by atoms with Crippen LogP contribution in [0.3, 0.4) is 0 Å². The summed E-state index contributed by atoms with van der Waals surface area (Å²) >= 11 is 1.56. The quantitative estimate of drug-likeness (QED) is 0.687. The van der Waals surface area contributed by atoms with Crippen LogP contribution in [0.2, 0.25) is 0 Å². The number of rotatable bonds is 4. The molecular formula is C16H13NO2S. The molecule has 3 aromatic rings. The number of aromatic nitrogens is 1. The highest BCUT2D eigenvalue weighted by Crippen LogP contribution is 2.22. The number of hydrogen-bond donors (Lipinski definition) is 0. The first-order valence-corrected chi connectivity index (χ1v) is 7.17. The van der Waals surface area contributed by atoms with Crippen molar-refractivity contribution in [2.24, 2.45) is 0 Å². The molecule has 1 heterocycles. The molecule has 0 fully saturated rings. The molecule has 0 radical (unpaired) electrons. The molecule has 100 valence electrons. The summed E-state index contributed by atoms with van der Waals surface area (Å²) in [6.45, 7) is 0.241. The van der Waals surface area contributed by atoms with Crippen molar-refractivity contribution in [3.63, 3.8) is 0 Å². The lowest BCUT2D eigenvalue weighted by molar-refractivity contribution is -0.144. The monoisotopic (exact) mass is 283 g/mol. The van der Waals surface area contributed by atoms with E-state index in [0.717, 1.165) is 20.8 Å². The van der Waals surface area contributed by atoms with Gasteiger partial charge in [-0.25, -0.2) is 4.98 Å². The van der Waals surface area contributed by atoms with Crippen LogP contribution >= 0.6 is 11.3 Å². The van der Waals surface area contributed by atoms with Crippen molar-refractivity contribution in [1.82, 2.24) is 4.98 Å². The van der Waals surface area contributed by atoms with Crippen LogP contribution < -0.4 is 0 Å². The molecule has 0 aliphatic carbocycles.